The van der Waals surface area contributed by atoms with Crippen LogP contribution in [0.3, 0.4) is 0 Å². The second-order valence-corrected chi connectivity index (χ2v) is 14.2. The molecule has 0 bridgehead atoms. The molecule has 0 aromatic carbocycles. The number of esters is 1. The fourth-order valence-corrected chi connectivity index (χ4v) is 6.39. The lowest BCUT2D eigenvalue weighted by atomic mass is 10.0. The Morgan fingerprint density at radius 1 is 0.478 bits per heavy atom. The van der Waals surface area contributed by atoms with Crippen molar-refractivity contribution < 1.29 is 19.4 Å². The molecule has 4 heteroatoms. The van der Waals surface area contributed by atoms with Gasteiger partial charge < -0.3 is 9.84 Å². The number of carboxylic acids is 1. The molecule has 0 aliphatic rings. The van der Waals surface area contributed by atoms with Crippen molar-refractivity contribution in [2.75, 3.05) is 0 Å². The second kappa shape index (κ2) is 38.1. The Balaban J connectivity index is 3.67. The number of allylic oxidation sites excluding steroid dienone is 1. The van der Waals surface area contributed by atoms with E-state index in [4.69, 9.17) is 9.84 Å². The van der Waals surface area contributed by atoms with Crippen LogP contribution in [-0.4, -0.2) is 23.1 Å². The maximum absolute atomic E-state index is 12.5. The van der Waals surface area contributed by atoms with Crippen LogP contribution >= 0.6 is 0 Å². The number of carbonyl (C=O) groups is 2. The molecule has 0 spiro atoms. The molecule has 1 N–H and O–H groups in total. The first-order valence-electron chi connectivity index (χ1n) is 20.7. The Bertz CT molecular complexity index is 658. The van der Waals surface area contributed by atoms with Gasteiger partial charge in [0.2, 0.25) is 0 Å². The van der Waals surface area contributed by atoms with E-state index in [1.54, 1.807) is 0 Å². The molecule has 0 heterocycles. The topological polar surface area (TPSA) is 63.6 Å². The van der Waals surface area contributed by atoms with Gasteiger partial charge in [-0.15, -0.1) is 0 Å². The van der Waals surface area contributed by atoms with Gasteiger partial charge in [0.1, 0.15) is 6.10 Å². The minimum Gasteiger partial charge on any atom is -0.481 e. The molecule has 0 aromatic heterocycles. The average Bonchev–Trinajstić information content (AvgIpc) is 3.04. The van der Waals surface area contributed by atoms with Crippen LogP contribution in [0.1, 0.15) is 239 Å². The number of ether oxygens (including phenoxy) is 1. The average molecular weight is 649 g/mol. The van der Waals surface area contributed by atoms with Gasteiger partial charge in [-0.1, -0.05) is 193 Å². The van der Waals surface area contributed by atoms with Gasteiger partial charge in [-0.05, 0) is 44.6 Å². The minimum atomic E-state index is -0.719. The largest absolute Gasteiger partial charge is 0.481 e. The lowest BCUT2D eigenvalue weighted by Crippen LogP contribution is -2.16. The highest BCUT2D eigenvalue weighted by Crippen LogP contribution is 2.17. The predicted molar refractivity (Wildman–Crippen MR) is 200 cm³/mol. The summed E-state index contributed by atoms with van der Waals surface area (Å²) in [7, 11) is 0. The Labute approximate surface area is 287 Å². The SMILES string of the molecule is CCCCCC/C=C\C(CCCCCCC(=O)O)OC(=O)CCCCCCCCCCCCCCCCCCCCCCCCC. The van der Waals surface area contributed by atoms with Crippen molar-refractivity contribution in [3.05, 3.63) is 12.2 Å². The van der Waals surface area contributed by atoms with Crippen LogP contribution < -0.4 is 0 Å². The molecular weight excluding hydrogens is 568 g/mol. The molecule has 46 heavy (non-hydrogen) atoms. The highest BCUT2D eigenvalue weighted by Gasteiger charge is 2.11. The highest BCUT2D eigenvalue weighted by atomic mass is 16.5. The second-order valence-electron chi connectivity index (χ2n) is 14.2. The van der Waals surface area contributed by atoms with Crippen LogP contribution in [0.2, 0.25) is 0 Å². The van der Waals surface area contributed by atoms with E-state index in [1.165, 1.54) is 161 Å². The molecule has 0 aromatic rings. The monoisotopic (exact) mass is 649 g/mol. The van der Waals surface area contributed by atoms with E-state index < -0.39 is 5.97 Å². The van der Waals surface area contributed by atoms with Crippen LogP contribution in [0.5, 0.6) is 0 Å². The predicted octanol–water partition coefficient (Wildman–Crippen LogP) is 14.2. The van der Waals surface area contributed by atoms with Crippen molar-refractivity contribution in [2.45, 2.75) is 245 Å². The number of aliphatic carboxylic acids is 1. The molecule has 1 atom stereocenters. The number of carbonyl (C=O) groups excluding carboxylic acids is 1. The summed E-state index contributed by atoms with van der Waals surface area (Å²) in [6.07, 6.45) is 47.0. The van der Waals surface area contributed by atoms with Crippen LogP contribution in [0.15, 0.2) is 12.2 Å². The van der Waals surface area contributed by atoms with E-state index in [0.717, 1.165) is 51.4 Å². The quantitative estimate of drug-likeness (QED) is 0.0411. The Morgan fingerprint density at radius 3 is 1.24 bits per heavy atom. The van der Waals surface area contributed by atoms with Gasteiger partial charge in [0, 0.05) is 12.8 Å². The van der Waals surface area contributed by atoms with Crippen molar-refractivity contribution in [1.29, 1.82) is 0 Å². The van der Waals surface area contributed by atoms with Crippen molar-refractivity contribution >= 4 is 11.9 Å². The van der Waals surface area contributed by atoms with Crippen molar-refractivity contribution in [2.24, 2.45) is 0 Å². The third-order valence-corrected chi connectivity index (χ3v) is 9.47. The van der Waals surface area contributed by atoms with Crippen LogP contribution in [-0.2, 0) is 14.3 Å². The zero-order chi connectivity index (χ0) is 33.6. The summed E-state index contributed by atoms with van der Waals surface area (Å²) in [5.41, 5.74) is 0. The number of rotatable bonds is 38. The first-order chi connectivity index (χ1) is 22.6. The maximum atomic E-state index is 12.5. The third kappa shape index (κ3) is 37.1. The van der Waals surface area contributed by atoms with Crippen LogP contribution in [0.25, 0.3) is 0 Å². The molecule has 0 amide bonds. The standard InChI is InChI=1S/C42H80O4/c1-3-5-7-9-11-12-13-14-15-16-17-18-19-20-21-22-23-24-25-26-27-29-35-39-42(45)46-40(36-32-28-10-8-6-4-2)37-33-30-31-34-38-41(43)44/h32,36,40H,3-31,33-35,37-39H2,1-2H3,(H,43,44)/b36-32-. The van der Waals surface area contributed by atoms with E-state index in [9.17, 15) is 9.59 Å². The van der Waals surface area contributed by atoms with Crippen molar-refractivity contribution in [1.82, 2.24) is 0 Å². The zero-order valence-electron chi connectivity index (χ0n) is 31.2. The number of carboxylic acid groups (broad SMARTS) is 1. The lowest BCUT2D eigenvalue weighted by molar-refractivity contribution is -0.147. The van der Waals surface area contributed by atoms with Gasteiger partial charge >= 0.3 is 11.9 Å². The summed E-state index contributed by atoms with van der Waals surface area (Å²) in [4.78, 5) is 23.2. The summed E-state index contributed by atoms with van der Waals surface area (Å²) in [5, 5.41) is 8.80. The molecule has 272 valence electrons. The van der Waals surface area contributed by atoms with E-state index in [2.05, 4.69) is 26.0 Å². The molecule has 4 nitrogen and oxygen atoms in total. The molecule has 0 aliphatic carbocycles. The van der Waals surface area contributed by atoms with Gasteiger partial charge in [0.15, 0.2) is 0 Å². The van der Waals surface area contributed by atoms with Crippen LogP contribution in [0, 0.1) is 0 Å². The molecule has 0 saturated carbocycles. The molecule has 0 radical (unpaired) electrons. The van der Waals surface area contributed by atoms with Gasteiger partial charge in [0.25, 0.3) is 0 Å². The van der Waals surface area contributed by atoms with Crippen molar-refractivity contribution in [3.8, 4) is 0 Å². The fraction of sp³-hybridized carbons (Fsp3) is 0.905. The Hall–Kier alpha value is -1.32. The summed E-state index contributed by atoms with van der Waals surface area (Å²) in [6, 6.07) is 0. The Morgan fingerprint density at radius 2 is 0.826 bits per heavy atom. The Kier molecular flexibility index (Phi) is 37.0. The number of hydrogen-bond donors (Lipinski definition) is 1. The number of hydrogen-bond acceptors (Lipinski definition) is 3. The van der Waals surface area contributed by atoms with Crippen molar-refractivity contribution in [3.63, 3.8) is 0 Å². The summed E-state index contributed by atoms with van der Waals surface area (Å²) < 4.78 is 5.85. The molecule has 0 saturated heterocycles. The maximum Gasteiger partial charge on any atom is 0.306 e. The first kappa shape index (κ1) is 44.7. The molecular formula is C42H80O4. The zero-order valence-corrected chi connectivity index (χ0v) is 31.2. The number of unbranched alkanes of at least 4 members (excludes halogenated alkanes) is 29. The minimum absolute atomic E-state index is 0.0602. The summed E-state index contributed by atoms with van der Waals surface area (Å²) >= 11 is 0. The molecule has 1 unspecified atom stereocenters. The summed E-state index contributed by atoms with van der Waals surface area (Å²) in [5.74, 6) is -0.779. The normalized spacial score (nSPS) is 12.2. The molecule has 0 fully saturated rings. The highest BCUT2D eigenvalue weighted by molar-refractivity contribution is 5.69. The van der Waals surface area contributed by atoms with Gasteiger partial charge in [-0.2, -0.15) is 0 Å². The van der Waals surface area contributed by atoms with E-state index in [-0.39, 0.29) is 18.5 Å². The third-order valence-electron chi connectivity index (χ3n) is 9.47. The molecule has 0 rings (SSSR count). The van der Waals surface area contributed by atoms with Gasteiger partial charge in [-0.25, -0.2) is 0 Å². The smallest absolute Gasteiger partial charge is 0.306 e. The van der Waals surface area contributed by atoms with Crippen LogP contribution in [0.4, 0.5) is 0 Å². The van der Waals surface area contributed by atoms with Gasteiger partial charge in [0.05, 0.1) is 0 Å². The van der Waals surface area contributed by atoms with Gasteiger partial charge in [-0.3, -0.25) is 9.59 Å². The molecule has 0 aliphatic heterocycles. The first-order valence-corrected chi connectivity index (χ1v) is 20.7. The fourth-order valence-electron chi connectivity index (χ4n) is 6.39. The summed E-state index contributed by atoms with van der Waals surface area (Å²) in [6.45, 7) is 4.52. The van der Waals surface area contributed by atoms with E-state index in [1.807, 2.05) is 0 Å². The van der Waals surface area contributed by atoms with E-state index in [0.29, 0.717) is 6.42 Å². The lowest BCUT2D eigenvalue weighted by Gasteiger charge is -2.15. The van der Waals surface area contributed by atoms with E-state index >= 15 is 0 Å².